The van der Waals surface area contributed by atoms with E-state index in [4.69, 9.17) is 4.74 Å². The van der Waals surface area contributed by atoms with E-state index >= 15 is 0 Å². The van der Waals surface area contributed by atoms with Crippen LogP contribution in [0.2, 0.25) is 0 Å². The molecule has 1 aromatic rings. The van der Waals surface area contributed by atoms with Gasteiger partial charge < -0.3 is 10.1 Å². The smallest absolute Gasteiger partial charge is 0.160 e. The van der Waals surface area contributed by atoms with Gasteiger partial charge in [0.25, 0.3) is 0 Å². The van der Waals surface area contributed by atoms with Gasteiger partial charge in [0.05, 0.1) is 7.11 Å². The predicted octanol–water partition coefficient (Wildman–Crippen LogP) is 2.65. The fraction of sp³-hybridized carbons (Fsp3) is 0.250. The molecule has 0 unspecified atom stereocenters. The highest BCUT2D eigenvalue weighted by atomic mass is 32.2. The van der Waals surface area contributed by atoms with Gasteiger partial charge in [0.2, 0.25) is 0 Å². The predicted molar refractivity (Wildman–Crippen MR) is 71.0 cm³/mol. The Kier molecular flexibility index (Phi) is 5.50. The Hall–Kier alpha value is -1.42. The first-order valence-corrected chi connectivity index (χ1v) is 5.79. The fourth-order valence-electron chi connectivity index (χ4n) is 1.17. The summed E-state index contributed by atoms with van der Waals surface area (Å²) >= 11 is 1.48. The molecule has 0 bridgehead atoms. The number of amidine groups is 1. The Labute approximate surface area is 101 Å². The summed E-state index contributed by atoms with van der Waals surface area (Å²) in [4.78, 5) is 4.10. The third-order valence-electron chi connectivity index (χ3n) is 2.00. The van der Waals surface area contributed by atoms with Crippen molar-refractivity contribution in [3.8, 4) is 5.75 Å². The molecular weight excluding hydrogens is 220 g/mol. The largest absolute Gasteiger partial charge is 0.497 e. The van der Waals surface area contributed by atoms with E-state index in [0.29, 0.717) is 0 Å². The molecule has 0 aliphatic carbocycles. The van der Waals surface area contributed by atoms with Crippen LogP contribution in [-0.4, -0.2) is 19.3 Å². The van der Waals surface area contributed by atoms with Crippen molar-refractivity contribution < 1.29 is 4.74 Å². The average molecular weight is 236 g/mol. The Bertz CT molecular complexity index is 360. The van der Waals surface area contributed by atoms with Crippen molar-refractivity contribution >= 4 is 16.9 Å². The average Bonchev–Trinajstić information content (AvgIpc) is 2.35. The number of hydrogen-bond acceptors (Lipinski definition) is 3. The van der Waals surface area contributed by atoms with E-state index in [2.05, 4.69) is 16.9 Å². The summed E-state index contributed by atoms with van der Waals surface area (Å²) in [7, 11) is 3.42. The third-order valence-corrected chi connectivity index (χ3v) is 2.72. The van der Waals surface area contributed by atoms with Crippen LogP contribution < -0.4 is 10.1 Å². The molecule has 1 aromatic carbocycles. The summed E-state index contributed by atoms with van der Waals surface area (Å²) in [5.41, 5.74) is 1.19. The van der Waals surface area contributed by atoms with E-state index in [1.165, 1.54) is 17.3 Å². The Morgan fingerprint density at radius 3 is 2.69 bits per heavy atom. The molecule has 0 saturated carbocycles. The molecule has 4 heteroatoms. The molecule has 1 rings (SSSR count). The summed E-state index contributed by atoms with van der Waals surface area (Å²) < 4.78 is 5.09. The molecule has 0 spiro atoms. The Morgan fingerprint density at radius 1 is 1.50 bits per heavy atom. The molecule has 0 fully saturated rings. The van der Waals surface area contributed by atoms with Crippen LogP contribution in [0.5, 0.6) is 5.75 Å². The zero-order chi connectivity index (χ0) is 11.8. The molecule has 0 atom stereocenters. The lowest BCUT2D eigenvalue weighted by Crippen LogP contribution is -2.19. The lowest BCUT2D eigenvalue weighted by molar-refractivity contribution is 0.414. The zero-order valence-electron chi connectivity index (χ0n) is 9.56. The number of rotatable bonds is 4. The van der Waals surface area contributed by atoms with Gasteiger partial charge in [0.15, 0.2) is 5.17 Å². The second-order valence-corrected chi connectivity index (χ2v) is 3.97. The molecule has 3 nitrogen and oxygen atoms in total. The van der Waals surface area contributed by atoms with Gasteiger partial charge in [0.1, 0.15) is 5.75 Å². The number of thioether (sulfide) groups is 1. The van der Waals surface area contributed by atoms with Crippen molar-refractivity contribution in [3.05, 3.63) is 41.8 Å². The zero-order valence-corrected chi connectivity index (χ0v) is 10.4. The minimum absolute atomic E-state index is 0.748. The highest BCUT2D eigenvalue weighted by Crippen LogP contribution is 2.11. The first-order valence-electron chi connectivity index (χ1n) is 4.91. The maximum absolute atomic E-state index is 5.09. The maximum atomic E-state index is 5.09. The van der Waals surface area contributed by atoms with Gasteiger partial charge in [-0.3, -0.25) is 4.99 Å². The quantitative estimate of drug-likeness (QED) is 0.644. The molecule has 0 aliphatic rings. The summed E-state index contributed by atoms with van der Waals surface area (Å²) in [5.74, 6) is 0.869. The molecule has 16 heavy (non-hydrogen) atoms. The lowest BCUT2D eigenvalue weighted by Gasteiger charge is -2.07. The number of hydrogen-bond donors (Lipinski definition) is 1. The van der Waals surface area contributed by atoms with Crippen molar-refractivity contribution in [3.63, 3.8) is 0 Å². The summed E-state index contributed by atoms with van der Waals surface area (Å²) in [6.45, 7) is 4.40. The summed E-state index contributed by atoms with van der Waals surface area (Å²) in [5, 5.41) is 5.84. The molecule has 0 saturated heterocycles. The highest BCUT2D eigenvalue weighted by molar-refractivity contribution is 8.16. The van der Waals surface area contributed by atoms with Gasteiger partial charge in [-0.1, -0.05) is 30.5 Å². The van der Waals surface area contributed by atoms with Crippen molar-refractivity contribution in [2.24, 2.45) is 4.99 Å². The lowest BCUT2D eigenvalue weighted by atomic mass is 10.2. The first-order chi connectivity index (χ1) is 7.80. The van der Waals surface area contributed by atoms with E-state index in [1.807, 2.05) is 24.3 Å². The van der Waals surface area contributed by atoms with Crippen molar-refractivity contribution in [1.82, 2.24) is 5.32 Å². The van der Waals surface area contributed by atoms with Crippen molar-refractivity contribution in [2.45, 2.75) is 6.54 Å². The molecule has 0 heterocycles. The molecule has 0 radical (unpaired) electrons. The van der Waals surface area contributed by atoms with E-state index in [-0.39, 0.29) is 0 Å². The third kappa shape index (κ3) is 3.98. The van der Waals surface area contributed by atoms with Gasteiger partial charge in [-0.2, -0.15) is 0 Å². The second kappa shape index (κ2) is 6.95. The molecule has 0 amide bonds. The number of nitrogens with zero attached hydrogens (tertiary/aromatic N) is 1. The van der Waals surface area contributed by atoms with Gasteiger partial charge in [0, 0.05) is 13.6 Å². The van der Waals surface area contributed by atoms with Crippen LogP contribution in [0.4, 0.5) is 0 Å². The number of benzene rings is 1. The summed E-state index contributed by atoms with van der Waals surface area (Å²) in [6, 6.07) is 7.94. The van der Waals surface area contributed by atoms with E-state index in [1.54, 1.807) is 19.6 Å². The van der Waals surface area contributed by atoms with Crippen LogP contribution in [0.25, 0.3) is 0 Å². The fourth-order valence-corrected chi connectivity index (χ4v) is 1.59. The minimum Gasteiger partial charge on any atom is -0.497 e. The standard InChI is InChI=1S/C12H16N2OS/c1-4-16-12(13-2)14-9-10-5-7-11(15-3)8-6-10/h4-8H,1,9H2,2-3H3,(H,13,14). The number of aliphatic imine (C=N–C) groups is 1. The number of methoxy groups -OCH3 is 1. The first kappa shape index (κ1) is 12.6. The minimum atomic E-state index is 0.748. The Morgan fingerprint density at radius 2 is 2.19 bits per heavy atom. The maximum Gasteiger partial charge on any atom is 0.160 e. The van der Waals surface area contributed by atoms with Gasteiger partial charge in [-0.05, 0) is 23.1 Å². The molecule has 86 valence electrons. The van der Waals surface area contributed by atoms with Gasteiger partial charge >= 0.3 is 0 Å². The van der Waals surface area contributed by atoms with Gasteiger partial charge in [-0.15, -0.1) is 0 Å². The number of nitrogens with one attached hydrogen (secondary N) is 1. The molecule has 0 aromatic heterocycles. The van der Waals surface area contributed by atoms with Crippen LogP contribution in [0.15, 0.2) is 41.2 Å². The van der Waals surface area contributed by atoms with Gasteiger partial charge in [-0.25, -0.2) is 0 Å². The van der Waals surface area contributed by atoms with Crippen LogP contribution in [0.3, 0.4) is 0 Å². The summed E-state index contributed by atoms with van der Waals surface area (Å²) in [6.07, 6.45) is 0. The van der Waals surface area contributed by atoms with Crippen molar-refractivity contribution in [1.29, 1.82) is 0 Å². The number of ether oxygens (including phenoxy) is 1. The Balaban J connectivity index is 2.50. The normalized spacial score (nSPS) is 11.0. The van der Waals surface area contributed by atoms with Crippen LogP contribution in [-0.2, 0) is 6.54 Å². The van der Waals surface area contributed by atoms with Crippen LogP contribution >= 0.6 is 11.8 Å². The molecule has 0 aliphatic heterocycles. The van der Waals surface area contributed by atoms with Crippen molar-refractivity contribution in [2.75, 3.05) is 14.2 Å². The van der Waals surface area contributed by atoms with Crippen LogP contribution in [0.1, 0.15) is 5.56 Å². The topological polar surface area (TPSA) is 33.6 Å². The van der Waals surface area contributed by atoms with Crippen LogP contribution in [0, 0.1) is 0 Å². The highest BCUT2D eigenvalue weighted by Gasteiger charge is 1.97. The van der Waals surface area contributed by atoms with E-state index in [0.717, 1.165) is 17.5 Å². The SMILES string of the molecule is C=CSC(=NC)NCc1ccc(OC)cc1. The van der Waals surface area contributed by atoms with E-state index in [9.17, 15) is 0 Å². The second-order valence-electron chi connectivity index (χ2n) is 3.01. The molecule has 1 N–H and O–H groups in total. The molecular formula is C12H16N2OS. The van der Waals surface area contributed by atoms with E-state index < -0.39 is 0 Å². The monoisotopic (exact) mass is 236 g/mol.